The standard InChI is InChI=1S/C22H22S2/c1-3-16(14-23)11-17-9-10-20-15(2)21(13-19(20)12-17)22(24)18-7-5-4-6-8-18/h4-13,15,23H,3,14H2,1-2H3/b16-11+. The van der Waals surface area contributed by atoms with Crippen molar-refractivity contribution in [2.24, 2.45) is 0 Å². The van der Waals surface area contributed by atoms with Crippen molar-refractivity contribution in [1.82, 2.24) is 0 Å². The third-order valence-electron chi connectivity index (χ3n) is 4.68. The second-order valence-electron chi connectivity index (χ2n) is 6.22. The highest BCUT2D eigenvalue weighted by atomic mass is 32.1. The Kier molecular flexibility index (Phi) is 5.37. The average molecular weight is 351 g/mol. The van der Waals surface area contributed by atoms with Crippen LogP contribution < -0.4 is 0 Å². The van der Waals surface area contributed by atoms with Crippen molar-refractivity contribution in [3.8, 4) is 0 Å². The number of fused-ring (bicyclic) bond motifs is 1. The average Bonchev–Trinajstić information content (AvgIpc) is 2.96. The summed E-state index contributed by atoms with van der Waals surface area (Å²) in [5.74, 6) is 1.16. The number of rotatable bonds is 5. The van der Waals surface area contributed by atoms with Gasteiger partial charge in [0.2, 0.25) is 0 Å². The monoisotopic (exact) mass is 350 g/mol. The summed E-state index contributed by atoms with van der Waals surface area (Å²) in [6.07, 6.45) is 5.55. The Bertz CT molecular complexity index is 807. The summed E-state index contributed by atoms with van der Waals surface area (Å²) in [6.45, 7) is 4.42. The summed E-state index contributed by atoms with van der Waals surface area (Å²) in [4.78, 5) is 0.959. The minimum Gasteiger partial charge on any atom is -0.175 e. The first-order chi connectivity index (χ1) is 11.6. The summed E-state index contributed by atoms with van der Waals surface area (Å²) in [5.41, 5.74) is 7.63. The molecule has 0 N–H and O–H groups in total. The van der Waals surface area contributed by atoms with Crippen LogP contribution in [0.5, 0.6) is 0 Å². The Hall–Kier alpha value is -1.64. The van der Waals surface area contributed by atoms with Crippen LogP contribution in [0.15, 0.2) is 59.7 Å². The summed E-state index contributed by atoms with van der Waals surface area (Å²) in [5, 5.41) is 0. The lowest BCUT2D eigenvalue weighted by molar-refractivity contribution is 0.963. The molecular formula is C22H22S2. The van der Waals surface area contributed by atoms with Crippen LogP contribution in [-0.4, -0.2) is 10.6 Å². The molecular weight excluding hydrogens is 328 g/mol. The Labute approximate surface area is 155 Å². The molecule has 0 amide bonds. The minimum absolute atomic E-state index is 0.348. The molecule has 2 heteroatoms. The van der Waals surface area contributed by atoms with Gasteiger partial charge in [-0.3, -0.25) is 0 Å². The zero-order valence-electron chi connectivity index (χ0n) is 14.1. The molecule has 0 heterocycles. The van der Waals surface area contributed by atoms with E-state index in [9.17, 15) is 0 Å². The number of hydrogen-bond acceptors (Lipinski definition) is 2. The van der Waals surface area contributed by atoms with Crippen molar-refractivity contribution in [3.05, 3.63) is 81.9 Å². The van der Waals surface area contributed by atoms with E-state index in [-0.39, 0.29) is 0 Å². The van der Waals surface area contributed by atoms with Crippen LogP contribution in [0.4, 0.5) is 0 Å². The zero-order chi connectivity index (χ0) is 17.1. The van der Waals surface area contributed by atoms with Crippen LogP contribution in [0.1, 0.15) is 48.4 Å². The molecule has 2 aromatic carbocycles. The number of thiol groups is 1. The topological polar surface area (TPSA) is 0 Å². The number of benzene rings is 2. The van der Waals surface area contributed by atoms with Crippen LogP contribution in [-0.2, 0) is 0 Å². The lowest BCUT2D eigenvalue weighted by Crippen LogP contribution is -2.05. The first-order valence-corrected chi connectivity index (χ1v) is 9.43. The molecule has 1 aliphatic rings. The van der Waals surface area contributed by atoms with Gasteiger partial charge >= 0.3 is 0 Å². The Morgan fingerprint density at radius 3 is 2.58 bits per heavy atom. The molecule has 0 bridgehead atoms. The Morgan fingerprint density at radius 2 is 1.92 bits per heavy atom. The van der Waals surface area contributed by atoms with E-state index in [1.54, 1.807) is 0 Å². The largest absolute Gasteiger partial charge is 0.175 e. The predicted molar refractivity (Wildman–Crippen MR) is 113 cm³/mol. The molecule has 1 aliphatic carbocycles. The molecule has 1 unspecified atom stereocenters. The fraction of sp³-hybridized carbons (Fsp3) is 0.227. The van der Waals surface area contributed by atoms with Crippen molar-refractivity contribution in [2.45, 2.75) is 26.2 Å². The summed E-state index contributed by atoms with van der Waals surface area (Å²) in [7, 11) is 0. The van der Waals surface area contributed by atoms with Crippen molar-refractivity contribution in [1.29, 1.82) is 0 Å². The van der Waals surface area contributed by atoms with Gasteiger partial charge in [-0.05, 0) is 46.4 Å². The molecule has 0 aliphatic heterocycles. The molecule has 0 nitrogen and oxygen atoms in total. The molecule has 0 aromatic heterocycles. The van der Waals surface area contributed by atoms with Crippen LogP contribution in [0, 0.1) is 0 Å². The second kappa shape index (κ2) is 7.50. The van der Waals surface area contributed by atoms with Crippen molar-refractivity contribution >= 4 is 41.9 Å². The molecule has 0 spiro atoms. The molecule has 1 atom stereocenters. The van der Waals surface area contributed by atoms with E-state index in [0.29, 0.717) is 5.92 Å². The van der Waals surface area contributed by atoms with Gasteiger partial charge in [-0.1, -0.05) is 80.2 Å². The number of hydrogen-bond donors (Lipinski definition) is 1. The molecule has 3 rings (SSSR count). The Balaban J connectivity index is 1.94. The van der Waals surface area contributed by atoms with Crippen molar-refractivity contribution < 1.29 is 0 Å². The van der Waals surface area contributed by atoms with Gasteiger partial charge in [-0.15, -0.1) is 0 Å². The van der Waals surface area contributed by atoms with E-state index in [0.717, 1.165) is 22.6 Å². The fourth-order valence-corrected chi connectivity index (χ4v) is 3.86. The van der Waals surface area contributed by atoms with E-state index in [1.807, 2.05) is 18.2 Å². The quantitative estimate of drug-likeness (QED) is 0.373. The maximum Gasteiger partial charge on any atom is 0.0487 e. The molecule has 0 saturated heterocycles. The van der Waals surface area contributed by atoms with Crippen molar-refractivity contribution in [2.75, 3.05) is 5.75 Å². The van der Waals surface area contributed by atoms with Gasteiger partial charge in [0.15, 0.2) is 0 Å². The smallest absolute Gasteiger partial charge is 0.0487 e. The van der Waals surface area contributed by atoms with Gasteiger partial charge in [0, 0.05) is 16.5 Å². The maximum absolute atomic E-state index is 5.75. The molecule has 24 heavy (non-hydrogen) atoms. The van der Waals surface area contributed by atoms with Crippen LogP contribution in [0.2, 0.25) is 0 Å². The van der Waals surface area contributed by atoms with Gasteiger partial charge in [0.05, 0.1) is 0 Å². The van der Waals surface area contributed by atoms with Gasteiger partial charge in [-0.2, -0.15) is 12.6 Å². The maximum atomic E-state index is 5.75. The summed E-state index contributed by atoms with van der Waals surface area (Å²) in [6, 6.07) is 17.0. The van der Waals surface area contributed by atoms with E-state index in [1.165, 1.54) is 27.8 Å². The minimum atomic E-state index is 0.348. The van der Waals surface area contributed by atoms with Crippen LogP contribution >= 0.6 is 24.8 Å². The molecule has 0 radical (unpaired) electrons. The van der Waals surface area contributed by atoms with Gasteiger partial charge in [0.25, 0.3) is 0 Å². The van der Waals surface area contributed by atoms with E-state index < -0.39 is 0 Å². The molecule has 0 fully saturated rings. The molecule has 2 aromatic rings. The first-order valence-electron chi connectivity index (χ1n) is 8.39. The summed E-state index contributed by atoms with van der Waals surface area (Å²) >= 11 is 10.2. The molecule has 0 saturated carbocycles. The zero-order valence-corrected chi connectivity index (χ0v) is 15.8. The molecule has 122 valence electrons. The fourth-order valence-electron chi connectivity index (χ4n) is 3.18. The third-order valence-corrected chi connectivity index (χ3v) is 5.56. The lowest BCUT2D eigenvalue weighted by atomic mass is 9.93. The van der Waals surface area contributed by atoms with Gasteiger partial charge in [-0.25, -0.2) is 0 Å². The number of allylic oxidation sites excluding steroid dienone is 1. The summed E-state index contributed by atoms with van der Waals surface area (Å²) < 4.78 is 0. The van der Waals surface area contributed by atoms with Gasteiger partial charge < -0.3 is 0 Å². The highest BCUT2D eigenvalue weighted by molar-refractivity contribution is 7.81. The lowest BCUT2D eigenvalue weighted by Gasteiger charge is -2.13. The highest BCUT2D eigenvalue weighted by Crippen LogP contribution is 2.38. The second-order valence-corrected chi connectivity index (χ2v) is 6.94. The number of thiocarbonyl (C=S) groups is 1. The third kappa shape index (κ3) is 3.40. The predicted octanol–water partition coefficient (Wildman–Crippen LogP) is 6.33. The van der Waals surface area contributed by atoms with Gasteiger partial charge in [0.1, 0.15) is 0 Å². The first kappa shape index (κ1) is 17.2. The highest BCUT2D eigenvalue weighted by Gasteiger charge is 2.24. The van der Waals surface area contributed by atoms with Crippen LogP contribution in [0.25, 0.3) is 12.2 Å². The van der Waals surface area contributed by atoms with Crippen LogP contribution in [0.3, 0.4) is 0 Å². The Morgan fingerprint density at radius 1 is 1.17 bits per heavy atom. The van der Waals surface area contributed by atoms with E-state index in [2.05, 4.69) is 69.0 Å². The van der Waals surface area contributed by atoms with E-state index >= 15 is 0 Å². The SMILES string of the molecule is CC/C(=C\c1ccc2c(c1)C=C(C(=S)c1ccccc1)C2C)CS. The van der Waals surface area contributed by atoms with E-state index in [4.69, 9.17) is 12.2 Å². The normalized spacial score (nSPS) is 16.7. The van der Waals surface area contributed by atoms with Crippen molar-refractivity contribution in [3.63, 3.8) is 0 Å².